The van der Waals surface area contributed by atoms with Gasteiger partial charge in [0.1, 0.15) is 18.2 Å². The number of hydrogen-bond acceptors (Lipinski definition) is 5. The van der Waals surface area contributed by atoms with Crippen LogP contribution in [0.2, 0.25) is 0 Å². The normalized spacial score (nSPS) is 11.2. The third-order valence-electron chi connectivity index (χ3n) is 4.73. The van der Waals surface area contributed by atoms with E-state index in [-0.39, 0.29) is 10.9 Å². The highest BCUT2D eigenvalue weighted by Crippen LogP contribution is 2.23. The minimum atomic E-state index is -0.441. The summed E-state index contributed by atoms with van der Waals surface area (Å²) < 4.78 is 21.9. The maximum Gasteiger partial charge on any atom is 0.191 e. The van der Waals surface area contributed by atoms with Gasteiger partial charge in [-0.1, -0.05) is 35.5 Å². The zero-order valence-electron chi connectivity index (χ0n) is 16.7. The molecule has 0 fully saturated rings. The number of fused-ring (bicyclic) bond motifs is 1. The number of H-pyrrole nitrogens is 1. The number of ether oxygens (including phenoxy) is 1. The van der Waals surface area contributed by atoms with Crippen molar-refractivity contribution in [1.29, 1.82) is 0 Å². The van der Waals surface area contributed by atoms with E-state index in [0.717, 1.165) is 16.7 Å². The van der Waals surface area contributed by atoms with Crippen LogP contribution in [0.3, 0.4) is 0 Å². The van der Waals surface area contributed by atoms with E-state index in [1.165, 1.54) is 35.5 Å². The third kappa shape index (κ3) is 4.23. The van der Waals surface area contributed by atoms with Gasteiger partial charge in [-0.05, 0) is 38.1 Å². The highest BCUT2D eigenvalue weighted by molar-refractivity contribution is 7.98. The Bertz CT molecular complexity index is 1230. The molecule has 0 saturated heterocycles. The number of aryl methyl sites for hydroxylation is 1. The smallest absolute Gasteiger partial charge is 0.191 e. The summed E-state index contributed by atoms with van der Waals surface area (Å²) in [5.41, 5.74) is 1.82. The van der Waals surface area contributed by atoms with E-state index in [9.17, 15) is 9.18 Å². The molecule has 30 heavy (non-hydrogen) atoms. The Morgan fingerprint density at radius 2 is 1.97 bits per heavy atom. The van der Waals surface area contributed by atoms with Crippen LogP contribution in [-0.4, -0.2) is 19.7 Å². The fourth-order valence-electron chi connectivity index (χ4n) is 3.14. The second kappa shape index (κ2) is 8.71. The van der Waals surface area contributed by atoms with Crippen LogP contribution in [0.25, 0.3) is 10.9 Å². The second-order valence-electron chi connectivity index (χ2n) is 6.85. The monoisotopic (exact) mass is 424 g/mol. The molecule has 8 heteroatoms. The molecule has 2 aromatic carbocycles. The fourth-order valence-corrected chi connectivity index (χ4v) is 4.07. The van der Waals surface area contributed by atoms with E-state index >= 15 is 0 Å². The number of nitrogens with zero attached hydrogens (tertiary/aromatic N) is 3. The first-order valence-electron chi connectivity index (χ1n) is 9.60. The SMILES string of the molecule is CCn1c(COc2ccc(C)cc2)nnc1SCc1cc(=O)c2cccc(F)c2[nH]1. The van der Waals surface area contributed by atoms with Gasteiger partial charge >= 0.3 is 0 Å². The number of aromatic nitrogens is 4. The first-order valence-corrected chi connectivity index (χ1v) is 10.6. The number of nitrogens with one attached hydrogen (secondary N) is 1. The van der Waals surface area contributed by atoms with E-state index in [0.29, 0.717) is 30.0 Å². The van der Waals surface area contributed by atoms with E-state index < -0.39 is 5.82 Å². The van der Waals surface area contributed by atoms with Crippen molar-refractivity contribution in [2.75, 3.05) is 0 Å². The van der Waals surface area contributed by atoms with Crippen LogP contribution in [0.1, 0.15) is 24.0 Å². The van der Waals surface area contributed by atoms with Crippen molar-refractivity contribution in [3.05, 3.63) is 81.7 Å². The molecule has 4 rings (SSSR count). The maximum atomic E-state index is 14.1. The molecule has 2 aromatic heterocycles. The molecular weight excluding hydrogens is 403 g/mol. The number of thioether (sulfide) groups is 1. The van der Waals surface area contributed by atoms with Crippen LogP contribution in [-0.2, 0) is 18.9 Å². The van der Waals surface area contributed by atoms with Crippen LogP contribution in [0.4, 0.5) is 4.39 Å². The summed E-state index contributed by atoms with van der Waals surface area (Å²) in [6, 6.07) is 13.8. The van der Waals surface area contributed by atoms with E-state index in [1.54, 1.807) is 6.07 Å². The number of para-hydroxylation sites is 1. The van der Waals surface area contributed by atoms with Crippen LogP contribution in [0, 0.1) is 12.7 Å². The van der Waals surface area contributed by atoms with E-state index in [4.69, 9.17) is 4.74 Å². The highest BCUT2D eigenvalue weighted by atomic mass is 32.2. The molecule has 0 aliphatic carbocycles. The molecule has 154 valence electrons. The summed E-state index contributed by atoms with van der Waals surface area (Å²) in [4.78, 5) is 15.3. The standard InChI is InChI=1S/C22H21FN4O2S/c1-3-27-20(12-29-16-9-7-14(2)8-10-16)25-26-22(27)30-13-15-11-19(28)17-5-4-6-18(23)21(17)24-15/h4-11H,3,12-13H2,1-2H3,(H,24,28). The predicted octanol–water partition coefficient (Wildman–Crippen LogP) is 4.46. The molecule has 0 amide bonds. The zero-order chi connectivity index (χ0) is 21.1. The number of halogens is 1. The van der Waals surface area contributed by atoms with Crippen molar-refractivity contribution in [3.8, 4) is 5.75 Å². The van der Waals surface area contributed by atoms with Gasteiger partial charge in [-0.15, -0.1) is 10.2 Å². The second-order valence-corrected chi connectivity index (χ2v) is 7.80. The third-order valence-corrected chi connectivity index (χ3v) is 5.74. The van der Waals surface area contributed by atoms with Gasteiger partial charge in [0, 0.05) is 29.4 Å². The Kier molecular flexibility index (Phi) is 5.85. The first kappa shape index (κ1) is 20.2. The quantitative estimate of drug-likeness (QED) is 0.444. The van der Waals surface area contributed by atoms with Crippen molar-refractivity contribution >= 4 is 22.7 Å². The topological polar surface area (TPSA) is 72.8 Å². The molecule has 0 aliphatic heterocycles. The predicted molar refractivity (Wildman–Crippen MR) is 115 cm³/mol. The Hall–Kier alpha value is -3.13. The lowest BCUT2D eigenvalue weighted by molar-refractivity contribution is 0.288. The number of pyridine rings is 1. The maximum absolute atomic E-state index is 14.1. The zero-order valence-corrected chi connectivity index (χ0v) is 17.5. The van der Waals surface area contributed by atoms with Crippen LogP contribution < -0.4 is 10.2 Å². The lowest BCUT2D eigenvalue weighted by Crippen LogP contribution is -2.08. The lowest BCUT2D eigenvalue weighted by Gasteiger charge is -2.09. The average Bonchev–Trinajstić information content (AvgIpc) is 3.14. The lowest BCUT2D eigenvalue weighted by atomic mass is 10.2. The van der Waals surface area contributed by atoms with Gasteiger partial charge in [-0.3, -0.25) is 4.79 Å². The summed E-state index contributed by atoms with van der Waals surface area (Å²) in [6.45, 7) is 5.03. The number of rotatable bonds is 7. The average molecular weight is 425 g/mol. The number of aromatic amines is 1. The molecular formula is C22H21FN4O2S. The summed E-state index contributed by atoms with van der Waals surface area (Å²) >= 11 is 1.43. The Morgan fingerprint density at radius 1 is 1.17 bits per heavy atom. The Morgan fingerprint density at radius 3 is 2.73 bits per heavy atom. The van der Waals surface area contributed by atoms with Gasteiger partial charge in [-0.25, -0.2) is 4.39 Å². The van der Waals surface area contributed by atoms with Gasteiger partial charge in [0.15, 0.2) is 16.4 Å². The molecule has 0 spiro atoms. The molecule has 6 nitrogen and oxygen atoms in total. The molecule has 0 atom stereocenters. The molecule has 1 N–H and O–H groups in total. The van der Waals surface area contributed by atoms with Crippen molar-refractivity contribution in [3.63, 3.8) is 0 Å². The molecule has 0 unspecified atom stereocenters. The van der Waals surface area contributed by atoms with Crippen LogP contribution >= 0.6 is 11.8 Å². The van der Waals surface area contributed by atoms with Gasteiger partial charge in [0.25, 0.3) is 0 Å². The van der Waals surface area contributed by atoms with Crippen molar-refractivity contribution in [2.24, 2.45) is 0 Å². The minimum Gasteiger partial charge on any atom is -0.486 e. The summed E-state index contributed by atoms with van der Waals surface area (Å²) in [5.74, 6) is 1.50. The van der Waals surface area contributed by atoms with E-state index in [2.05, 4.69) is 15.2 Å². The molecule has 0 saturated carbocycles. The van der Waals surface area contributed by atoms with Crippen molar-refractivity contribution < 1.29 is 9.13 Å². The van der Waals surface area contributed by atoms with Crippen LogP contribution in [0.5, 0.6) is 5.75 Å². The van der Waals surface area contributed by atoms with Crippen LogP contribution in [0.15, 0.2) is 58.5 Å². The highest BCUT2D eigenvalue weighted by Gasteiger charge is 2.13. The Balaban J connectivity index is 1.49. The Labute approximate surface area is 177 Å². The first-order chi connectivity index (χ1) is 14.5. The molecule has 2 heterocycles. The van der Waals surface area contributed by atoms with Gasteiger partial charge < -0.3 is 14.3 Å². The van der Waals surface area contributed by atoms with Crippen molar-refractivity contribution in [1.82, 2.24) is 19.7 Å². The van der Waals surface area contributed by atoms with E-state index in [1.807, 2.05) is 42.7 Å². The van der Waals surface area contributed by atoms with Gasteiger partial charge in [0.2, 0.25) is 0 Å². The molecule has 0 aliphatic rings. The fraction of sp³-hybridized carbons (Fsp3) is 0.227. The summed E-state index contributed by atoms with van der Waals surface area (Å²) in [6.07, 6.45) is 0. The largest absolute Gasteiger partial charge is 0.486 e. The van der Waals surface area contributed by atoms with Crippen molar-refractivity contribution in [2.45, 2.75) is 37.9 Å². The minimum absolute atomic E-state index is 0.206. The summed E-state index contributed by atoms with van der Waals surface area (Å²) in [5, 5.41) is 9.57. The van der Waals surface area contributed by atoms with Gasteiger partial charge in [-0.2, -0.15) is 0 Å². The molecule has 0 bridgehead atoms. The number of benzene rings is 2. The number of hydrogen-bond donors (Lipinski definition) is 1. The molecule has 0 radical (unpaired) electrons. The summed E-state index contributed by atoms with van der Waals surface area (Å²) in [7, 11) is 0. The molecule has 4 aromatic rings. The van der Waals surface area contributed by atoms with Gasteiger partial charge in [0.05, 0.1) is 5.52 Å².